The van der Waals surface area contributed by atoms with Gasteiger partial charge in [0.25, 0.3) is 0 Å². The van der Waals surface area contributed by atoms with E-state index in [4.69, 9.17) is 4.74 Å². The number of hydrogen-bond donors (Lipinski definition) is 2. The molecule has 1 amide bonds. The van der Waals surface area contributed by atoms with E-state index in [1.807, 2.05) is 0 Å². The summed E-state index contributed by atoms with van der Waals surface area (Å²) in [6.45, 7) is 6.51. The van der Waals surface area contributed by atoms with Crippen LogP contribution in [0.25, 0.3) is 0 Å². The molecule has 1 heterocycles. The Morgan fingerprint density at radius 3 is 3.23 bits per heavy atom. The molecule has 0 saturated carbocycles. The van der Waals surface area contributed by atoms with Crippen molar-refractivity contribution in [2.24, 2.45) is 0 Å². The first-order valence-corrected chi connectivity index (χ1v) is 4.53. The molecule has 1 unspecified atom stereocenters. The molecule has 0 aromatic heterocycles. The summed E-state index contributed by atoms with van der Waals surface area (Å²) in [7, 11) is 0. The highest BCUT2D eigenvalue weighted by molar-refractivity contribution is 5.77. The number of ether oxygens (including phenoxy) is 1. The molecule has 0 aliphatic carbocycles. The maximum Gasteiger partial charge on any atom is 0.223 e. The van der Waals surface area contributed by atoms with Crippen LogP contribution in [0.4, 0.5) is 0 Å². The Bertz CT molecular complexity index is 176. The van der Waals surface area contributed by atoms with Gasteiger partial charge in [-0.2, -0.15) is 0 Å². The molecule has 1 aliphatic rings. The lowest BCUT2D eigenvalue weighted by molar-refractivity contribution is -0.121. The molecule has 1 atom stereocenters. The third-order valence-corrected chi connectivity index (χ3v) is 1.86. The maximum atomic E-state index is 11.0. The highest BCUT2D eigenvalue weighted by Gasteiger charge is 2.13. The van der Waals surface area contributed by atoms with E-state index in [2.05, 4.69) is 17.2 Å². The van der Waals surface area contributed by atoms with Crippen LogP contribution in [-0.2, 0) is 9.53 Å². The lowest BCUT2D eigenvalue weighted by Crippen LogP contribution is -2.45. The van der Waals surface area contributed by atoms with Crippen LogP contribution < -0.4 is 10.6 Å². The van der Waals surface area contributed by atoms with E-state index in [-0.39, 0.29) is 12.0 Å². The fraction of sp³-hybridized carbons (Fsp3) is 0.667. The predicted molar refractivity (Wildman–Crippen MR) is 50.4 cm³/mol. The van der Waals surface area contributed by atoms with E-state index in [0.29, 0.717) is 13.0 Å². The minimum Gasteiger partial charge on any atom is -0.374 e. The molecule has 0 bridgehead atoms. The lowest BCUT2D eigenvalue weighted by atomic mass is 10.3. The lowest BCUT2D eigenvalue weighted by Gasteiger charge is -2.23. The van der Waals surface area contributed by atoms with Crippen molar-refractivity contribution < 1.29 is 9.53 Å². The molecule has 1 saturated heterocycles. The SMILES string of the molecule is C=CCC(=O)NCC1CNCCO1. The van der Waals surface area contributed by atoms with Gasteiger partial charge in [0.15, 0.2) is 0 Å². The zero-order valence-electron chi connectivity index (χ0n) is 7.71. The van der Waals surface area contributed by atoms with Gasteiger partial charge in [-0.05, 0) is 0 Å². The first kappa shape index (κ1) is 10.2. The molecule has 0 aromatic carbocycles. The van der Waals surface area contributed by atoms with Crippen LogP contribution in [0.15, 0.2) is 12.7 Å². The standard InChI is InChI=1S/C9H16N2O2/c1-2-3-9(12)11-7-8-6-10-4-5-13-8/h2,8,10H,1,3-7H2,(H,11,12). The molecule has 4 heteroatoms. The van der Waals surface area contributed by atoms with E-state index in [1.54, 1.807) is 6.08 Å². The Morgan fingerprint density at radius 2 is 2.62 bits per heavy atom. The second-order valence-corrected chi connectivity index (χ2v) is 2.99. The van der Waals surface area contributed by atoms with E-state index in [0.717, 1.165) is 19.7 Å². The number of rotatable bonds is 4. The Hall–Kier alpha value is -0.870. The second kappa shape index (κ2) is 5.72. The topological polar surface area (TPSA) is 50.4 Å². The van der Waals surface area contributed by atoms with Crippen LogP contribution in [-0.4, -0.2) is 38.3 Å². The quantitative estimate of drug-likeness (QED) is 0.588. The van der Waals surface area contributed by atoms with E-state index >= 15 is 0 Å². The van der Waals surface area contributed by atoms with Crippen molar-refractivity contribution in [2.75, 3.05) is 26.2 Å². The van der Waals surface area contributed by atoms with E-state index < -0.39 is 0 Å². The van der Waals surface area contributed by atoms with Crippen LogP contribution in [0.3, 0.4) is 0 Å². The Kier molecular flexibility index (Phi) is 4.49. The first-order chi connectivity index (χ1) is 6.33. The zero-order valence-corrected chi connectivity index (χ0v) is 7.71. The van der Waals surface area contributed by atoms with Gasteiger partial charge in [-0.1, -0.05) is 6.08 Å². The van der Waals surface area contributed by atoms with Crippen molar-refractivity contribution in [1.82, 2.24) is 10.6 Å². The molecular formula is C9H16N2O2. The molecule has 4 nitrogen and oxygen atoms in total. The summed E-state index contributed by atoms with van der Waals surface area (Å²) in [6.07, 6.45) is 2.08. The number of morpholine rings is 1. The van der Waals surface area contributed by atoms with Crippen molar-refractivity contribution in [3.8, 4) is 0 Å². The summed E-state index contributed by atoms with van der Waals surface area (Å²) >= 11 is 0. The van der Waals surface area contributed by atoms with Gasteiger partial charge in [-0.25, -0.2) is 0 Å². The normalized spacial score (nSPS) is 22.3. The van der Waals surface area contributed by atoms with Crippen molar-refractivity contribution in [3.05, 3.63) is 12.7 Å². The van der Waals surface area contributed by atoms with Crippen molar-refractivity contribution in [2.45, 2.75) is 12.5 Å². The summed E-state index contributed by atoms with van der Waals surface area (Å²) in [5.74, 6) is 0.00386. The van der Waals surface area contributed by atoms with Gasteiger partial charge >= 0.3 is 0 Å². The molecular weight excluding hydrogens is 168 g/mol. The van der Waals surface area contributed by atoms with Gasteiger partial charge in [0.2, 0.25) is 5.91 Å². The molecule has 0 spiro atoms. The van der Waals surface area contributed by atoms with Crippen LogP contribution >= 0.6 is 0 Å². The van der Waals surface area contributed by atoms with Gasteiger partial charge < -0.3 is 15.4 Å². The van der Waals surface area contributed by atoms with E-state index in [1.165, 1.54) is 0 Å². The van der Waals surface area contributed by atoms with Gasteiger partial charge in [-0.15, -0.1) is 6.58 Å². The molecule has 1 rings (SSSR count). The summed E-state index contributed by atoms with van der Waals surface area (Å²) in [5.41, 5.74) is 0. The highest BCUT2D eigenvalue weighted by atomic mass is 16.5. The van der Waals surface area contributed by atoms with E-state index in [9.17, 15) is 4.79 Å². The second-order valence-electron chi connectivity index (χ2n) is 2.99. The van der Waals surface area contributed by atoms with Crippen LogP contribution in [0.1, 0.15) is 6.42 Å². The largest absolute Gasteiger partial charge is 0.374 e. The predicted octanol–water partition coefficient (Wildman–Crippen LogP) is -0.333. The summed E-state index contributed by atoms with van der Waals surface area (Å²) < 4.78 is 5.40. The van der Waals surface area contributed by atoms with Crippen LogP contribution in [0.5, 0.6) is 0 Å². The molecule has 0 radical (unpaired) electrons. The number of hydrogen-bond acceptors (Lipinski definition) is 3. The van der Waals surface area contributed by atoms with Gasteiger partial charge in [0.05, 0.1) is 12.7 Å². The monoisotopic (exact) mass is 184 g/mol. The third kappa shape index (κ3) is 4.05. The average Bonchev–Trinajstić information content (AvgIpc) is 2.17. The number of amides is 1. The van der Waals surface area contributed by atoms with Crippen molar-refractivity contribution in [3.63, 3.8) is 0 Å². The summed E-state index contributed by atoms with van der Waals surface area (Å²) in [4.78, 5) is 11.0. The number of carbonyl (C=O) groups is 1. The minimum atomic E-state index is 0.00386. The number of nitrogens with one attached hydrogen (secondary N) is 2. The first-order valence-electron chi connectivity index (χ1n) is 4.53. The van der Waals surface area contributed by atoms with Crippen LogP contribution in [0, 0.1) is 0 Å². The highest BCUT2D eigenvalue weighted by Crippen LogP contribution is 1.93. The smallest absolute Gasteiger partial charge is 0.223 e. The molecule has 1 aliphatic heterocycles. The fourth-order valence-electron chi connectivity index (χ4n) is 1.18. The average molecular weight is 184 g/mol. The number of carbonyl (C=O) groups excluding carboxylic acids is 1. The van der Waals surface area contributed by atoms with Crippen molar-refractivity contribution in [1.29, 1.82) is 0 Å². The van der Waals surface area contributed by atoms with Crippen LogP contribution in [0.2, 0.25) is 0 Å². The van der Waals surface area contributed by atoms with Gasteiger partial charge in [-0.3, -0.25) is 4.79 Å². The third-order valence-electron chi connectivity index (χ3n) is 1.86. The molecule has 74 valence electrons. The molecule has 0 aromatic rings. The Balaban J connectivity index is 2.09. The molecule has 13 heavy (non-hydrogen) atoms. The fourth-order valence-corrected chi connectivity index (χ4v) is 1.18. The summed E-state index contributed by atoms with van der Waals surface area (Å²) in [6, 6.07) is 0. The zero-order chi connectivity index (χ0) is 9.52. The Morgan fingerprint density at radius 1 is 1.77 bits per heavy atom. The minimum absolute atomic E-state index is 0.00386. The maximum absolute atomic E-state index is 11.0. The van der Waals surface area contributed by atoms with Gasteiger partial charge in [0, 0.05) is 26.1 Å². The van der Waals surface area contributed by atoms with Gasteiger partial charge in [0.1, 0.15) is 0 Å². The molecule has 2 N–H and O–H groups in total. The Labute approximate surface area is 78.3 Å². The summed E-state index contributed by atoms with van der Waals surface area (Å²) in [5, 5.41) is 5.97. The van der Waals surface area contributed by atoms with Crippen molar-refractivity contribution >= 4 is 5.91 Å². The molecule has 1 fully saturated rings.